The van der Waals surface area contributed by atoms with Gasteiger partial charge in [-0.25, -0.2) is 0 Å². The molecular formula is C16H24N2O. The molecule has 3 rings (SSSR count). The van der Waals surface area contributed by atoms with Gasteiger partial charge in [-0.3, -0.25) is 4.90 Å². The molecule has 19 heavy (non-hydrogen) atoms. The van der Waals surface area contributed by atoms with Crippen molar-refractivity contribution in [2.45, 2.75) is 38.5 Å². The van der Waals surface area contributed by atoms with Crippen LogP contribution in [-0.4, -0.2) is 43.3 Å². The van der Waals surface area contributed by atoms with E-state index in [0.29, 0.717) is 12.1 Å². The lowest BCUT2D eigenvalue weighted by Crippen LogP contribution is -2.50. The van der Waals surface area contributed by atoms with E-state index in [0.717, 1.165) is 45.6 Å². The molecule has 2 aliphatic heterocycles. The van der Waals surface area contributed by atoms with Crippen LogP contribution in [0.3, 0.4) is 0 Å². The number of benzene rings is 1. The molecule has 2 heterocycles. The number of ether oxygens (including phenoxy) is 1. The summed E-state index contributed by atoms with van der Waals surface area (Å²) < 4.78 is 5.74. The summed E-state index contributed by atoms with van der Waals surface area (Å²) in [5.41, 5.74) is 2.98. The van der Waals surface area contributed by atoms with E-state index in [-0.39, 0.29) is 0 Å². The van der Waals surface area contributed by atoms with Crippen LogP contribution in [0.5, 0.6) is 0 Å². The number of hydrogen-bond donors (Lipinski definition) is 1. The summed E-state index contributed by atoms with van der Waals surface area (Å²) in [5.74, 6) is 0. The maximum absolute atomic E-state index is 5.74. The van der Waals surface area contributed by atoms with E-state index < -0.39 is 0 Å². The third-order valence-electron chi connectivity index (χ3n) is 4.32. The Kier molecular flexibility index (Phi) is 4.16. The lowest BCUT2D eigenvalue weighted by Gasteiger charge is -2.36. The van der Waals surface area contributed by atoms with Crippen LogP contribution in [0.2, 0.25) is 0 Å². The van der Waals surface area contributed by atoms with Crippen LogP contribution in [0.25, 0.3) is 0 Å². The maximum atomic E-state index is 5.74. The van der Waals surface area contributed by atoms with Gasteiger partial charge in [-0.15, -0.1) is 0 Å². The normalized spacial score (nSPS) is 28.1. The lowest BCUT2D eigenvalue weighted by atomic mass is 9.95. The monoisotopic (exact) mass is 260 g/mol. The highest BCUT2D eigenvalue weighted by molar-refractivity contribution is 5.29. The van der Waals surface area contributed by atoms with Crippen molar-refractivity contribution in [2.24, 2.45) is 0 Å². The minimum atomic E-state index is 0.435. The van der Waals surface area contributed by atoms with Crippen LogP contribution in [0, 0.1) is 0 Å². The van der Waals surface area contributed by atoms with Crippen molar-refractivity contribution in [1.82, 2.24) is 10.2 Å². The highest BCUT2D eigenvalue weighted by Gasteiger charge is 2.24. The first-order valence-corrected chi connectivity index (χ1v) is 7.49. The van der Waals surface area contributed by atoms with Crippen molar-refractivity contribution in [2.75, 3.05) is 26.2 Å². The summed E-state index contributed by atoms with van der Waals surface area (Å²) in [7, 11) is 0. The molecule has 0 saturated carbocycles. The summed E-state index contributed by atoms with van der Waals surface area (Å²) >= 11 is 0. The van der Waals surface area contributed by atoms with Crippen LogP contribution in [0.4, 0.5) is 0 Å². The number of rotatable bonds is 3. The van der Waals surface area contributed by atoms with Gasteiger partial charge in [0.1, 0.15) is 0 Å². The molecule has 104 valence electrons. The Morgan fingerprint density at radius 1 is 1.32 bits per heavy atom. The Hall–Kier alpha value is -0.900. The molecule has 2 atom stereocenters. The molecular weight excluding hydrogens is 236 g/mol. The van der Waals surface area contributed by atoms with E-state index >= 15 is 0 Å². The van der Waals surface area contributed by atoms with Crippen molar-refractivity contribution in [3.8, 4) is 0 Å². The topological polar surface area (TPSA) is 24.5 Å². The van der Waals surface area contributed by atoms with E-state index in [2.05, 4.69) is 41.4 Å². The summed E-state index contributed by atoms with van der Waals surface area (Å²) in [6.45, 7) is 7.44. The standard InChI is InChI=1S/C16H24N2O/c1-2-16-12-18(7-8-19-16)11-15-9-13-5-3-4-6-14(13)10-17-15/h3-6,15-17H,2,7-12H2,1H3. The van der Waals surface area contributed by atoms with Crippen molar-refractivity contribution in [3.05, 3.63) is 35.4 Å². The molecule has 0 spiro atoms. The first-order valence-electron chi connectivity index (χ1n) is 7.49. The molecule has 3 nitrogen and oxygen atoms in total. The second kappa shape index (κ2) is 6.04. The number of hydrogen-bond acceptors (Lipinski definition) is 3. The van der Waals surface area contributed by atoms with Crippen LogP contribution in [-0.2, 0) is 17.7 Å². The molecule has 1 aromatic rings. The Morgan fingerprint density at radius 3 is 3.00 bits per heavy atom. The van der Waals surface area contributed by atoms with Crippen LogP contribution >= 0.6 is 0 Å². The summed E-state index contributed by atoms with van der Waals surface area (Å²) in [5, 5.41) is 3.67. The Morgan fingerprint density at radius 2 is 2.16 bits per heavy atom. The van der Waals surface area contributed by atoms with Gasteiger partial charge in [0.05, 0.1) is 12.7 Å². The van der Waals surface area contributed by atoms with Gasteiger partial charge in [0.2, 0.25) is 0 Å². The van der Waals surface area contributed by atoms with E-state index in [1.807, 2.05) is 0 Å². The first kappa shape index (κ1) is 13.1. The highest BCUT2D eigenvalue weighted by atomic mass is 16.5. The molecule has 1 fully saturated rings. The van der Waals surface area contributed by atoms with E-state index in [9.17, 15) is 0 Å². The number of nitrogens with one attached hydrogen (secondary N) is 1. The van der Waals surface area contributed by atoms with Gasteiger partial charge in [0.25, 0.3) is 0 Å². The summed E-state index contributed by atoms with van der Waals surface area (Å²) in [4.78, 5) is 2.56. The largest absolute Gasteiger partial charge is 0.376 e. The second-order valence-corrected chi connectivity index (χ2v) is 5.71. The molecule has 0 aliphatic carbocycles. The van der Waals surface area contributed by atoms with Gasteiger partial charge in [0, 0.05) is 32.2 Å². The molecule has 3 heteroatoms. The number of nitrogens with zero attached hydrogens (tertiary/aromatic N) is 1. The third kappa shape index (κ3) is 3.16. The van der Waals surface area contributed by atoms with Crippen molar-refractivity contribution in [1.29, 1.82) is 0 Å². The number of morpholine rings is 1. The average molecular weight is 260 g/mol. The smallest absolute Gasteiger partial charge is 0.0700 e. The Labute approximate surface area is 115 Å². The minimum Gasteiger partial charge on any atom is -0.376 e. The molecule has 0 bridgehead atoms. The fourth-order valence-corrected chi connectivity index (χ4v) is 3.16. The van der Waals surface area contributed by atoms with E-state index in [1.165, 1.54) is 11.1 Å². The fourth-order valence-electron chi connectivity index (χ4n) is 3.16. The first-order chi connectivity index (χ1) is 9.35. The van der Waals surface area contributed by atoms with Gasteiger partial charge < -0.3 is 10.1 Å². The lowest BCUT2D eigenvalue weighted by molar-refractivity contribution is -0.0323. The molecule has 0 amide bonds. The Bertz CT molecular complexity index is 421. The fraction of sp³-hybridized carbons (Fsp3) is 0.625. The van der Waals surface area contributed by atoms with Crippen molar-refractivity contribution >= 4 is 0 Å². The van der Waals surface area contributed by atoms with Crippen LogP contribution in [0.1, 0.15) is 24.5 Å². The second-order valence-electron chi connectivity index (χ2n) is 5.71. The molecule has 0 aromatic heterocycles. The molecule has 1 N–H and O–H groups in total. The zero-order valence-electron chi connectivity index (χ0n) is 11.8. The average Bonchev–Trinajstić information content (AvgIpc) is 2.47. The summed E-state index contributed by atoms with van der Waals surface area (Å²) in [6, 6.07) is 9.39. The zero-order valence-corrected chi connectivity index (χ0v) is 11.8. The number of fused-ring (bicyclic) bond motifs is 1. The predicted molar refractivity (Wildman–Crippen MR) is 77.2 cm³/mol. The predicted octanol–water partition coefficient (Wildman–Crippen LogP) is 1.81. The third-order valence-corrected chi connectivity index (χ3v) is 4.32. The molecule has 1 saturated heterocycles. The molecule has 2 aliphatic rings. The van der Waals surface area contributed by atoms with E-state index in [4.69, 9.17) is 4.74 Å². The molecule has 0 radical (unpaired) electrons. The minimum absolute atomic E-state index is 0.435. The van der Waals surface area contributed by atoms with Gasteiger partial charge >= 0.3 is 0 Å². The Balaban J connectivity index is 1.57. The van der Waals surface area contributed by atoms with Crippen molar-refractivity contribution < 1.29 is 4.74 Å². The van der Waals surface area contributed by atoms with Gasteiger partial charge in [0.15, 0.2) is 0 Å². The maximum Gasteiger partial charge on any atom is 0.0700 e. The summed E-state index contributed by atoms with van der Waals surface area (Å²) in [6.07, 6.45) is 2.71. The van der Waals surface area contributed by atoms with Crippen molar-refractivity contribution in [3.63, 3.8) is 0 Å². The van der Waals surface area contributed by atoms with Crippen LogP contribution in [0.15, 0.2) is 24.3 Å². The quantitative estimate of drug-likeness (QED) is 0.897. The molecule has 1 aromatic carbocycles. The van der Waals surface area contributed by atoms with Gasteiger partial charge in [-0.05, 0) is 24.0 Å². The zero-order chi connectivity index (χ0) is 13.1. The highest BCUT2D eigenvalue weighted by Crippen LogP contribution is 2.17. The van der Waals surface area contributed by atoms with Gasteiger partial charge in [-0.2, -0.15) is 0 Å². The van der Waals surface area contributed by atoms with Gasteiger partial charge in [-0.1, -0.05) is 31.2 Å². The van der Waals surface area contributed by atoms with Crippen LogP contribution < -0.4 is 5.32 Å². The SMILES string of the molecule is CCC1CN(CC2Cc3ccccc3CN2)CCO1. The molecule has 2 unspecified atom stereocenters. The van der Waals surface area contributed by atoms with E-state index in [1.54, 1.807) is 0 Å².